The number of anilines is 1. The number of methoxy groups -OCH3 is 1. The first kappa shape index (κ1) is 18.2. The van der Waals surface area contributed by atoms with Gasteiger partial charge >= 0.3 is 5.97 Å². The Labute approximate surface area is 145 Å². The predicted octanol–water partition coefficient (Wildman–Crippen LogP) is 3.24. The lowest BCUT2D eigenvalue weighted by atomic mass is 10.1. The molecule has 25 heavy (non-hydrogen) atoms. The zero-order valence-electron chi connectivity index (χ0n) is 14.1. The number of amides is 1. The van der Waals surface area contributed by atoms with Crippen LogP contribution >= 0.6 is 0 Å². The fraction of sp³-hybridized carbons (Fsp3) is 0.211. The molecule has 0 fully saturated rings. The van der Waals surface area contributed by atoms with E-state index in [4.69, 9.17) is 4.42 Å². The Morgan fingerprint density at radius 3 is 2.48 bits per heavy atom. The van der Waals surface area contributed by atoms with Gasteiger partial charge in [-0.05, 0) is 49.4 Å². The zero-order valence-corrected chi connectivity index (χ0v) is 14.1. The first-order valence-corrected chi connectivity index (χ1v) is 7.73. The highest BCUT2D eigenvalue weighted by molar-refractivity contribution is 6.02. The third kappa shape index (κ3) is 5.76. The van der Waals surface area contributed by atoms with Crippen molar-refractivity contribution in [1.29, 1.82) is 0 Å². The summed E-state index contributed by atoms with van der Waals surface area (Å²) in [6, 6.07) is 10.1. The highest BCUT2D eigenvalue weighted by Crippen LogP contribution is 2.13. The molecule has 1 amide bonds. The fourth-order valence-electron chi connectivity index (χ4n) is 2.08. The minimum absolute atomic E-state index is 0.0291. The number of hydrogen-bond donors (Lipinski definition) is 1. The summed E-state index contributed by atoms with van der Waals surface area (Å²) in [5.41, 5.74) is 1.18. The van der Waals surface area contributed by atoms with Gasteiger partial charge in [-0.25, -0.2) is 0 Å². The van der Waals surface area contributed by atoms with E-state index in [0.717, 1.165) is 0 Å². The van der Waals surface area contributed by atoms with Gasteiger partial charge in [-0.3, -0.25) is 14.4 Å². The van der Waals surface area contributed by atoms with E-state index < -0.39 is 0 Å². The molecule has 0 unspecified atom stereocenters. The van der Waals surface area contributed by atoms with Crippen LogP contribution in [0.2, 0.25) is 0 Å². The number of carbonyl (C=O) groups is 3. The van der Waals surface area contributed by atoms with Crippen LogP contribution in [-0.4, -0.2) is 24.8 Å². The number of ether oxygens (including phenoxy) is 1. The van der Waals surface area contributed by atoms with E-state index in [-0.39, 0.29) is 24.1 Å². The number of nitrogens with one attached hydrogen (secondary N) is 1. The Morgan fingerprint density at radius 1 is 1.12 bits per heavy atom. The average molecular weight is 341 g/mol. The van der Waals surface area contributed by atoms with Gasteiger partial charge in [0, 0.05) is 23.7 Å². The minimum Gasteiger partial charge on any atom is -0.469 e. The summed E-state index contributed by atoms with van der Waals surface area (Å²) < 4.78 is 10.1. The Kier molecular flexibility index (Phi) is 6.28. The molecular weight excluding hydrogens is 322 g/mol. The summed E-state index contributed by atoms with van der Waals surface area (Å²) >= 11 is 0. The predicted molar refractivity (Wildman–Crippen MR) is 93.2 cm³/mol. The third-order valence-corrected chi connectivity index (χ3v) is 3.44. The lowest BCUT2D eigenvalue weighted by molar-refractivity contribution is -0.140. The quantitative estimate of drug-likeness (QED) is 0.475. The Morgan fingerprint density at radius 2 is 1.84 bits per heavy atom. The van der Waals surface area contributed by atoms with Crippen LogP contribution in [0.1, 0.15) is 35.2 Å². The number of carbonyl (C=O) groups excluding carboxylic acids is 3. The lowest BCUT2D eigenvalue weighted by Gasteiger charge is -2.02. The van der Waals surface area contributed by atoms with E-state index in [1.807, 2.05) is 0 Å². The van der Waals surface area contributed by atoms with Crippen LogP contribution in [0.15, 0.2) is 46.9 Å². The molecule has 1 N–H and O–H groups in total. The van der Waals surface area contributed by atoms with Gasteiger partial charge in [0.05, 0.1) is 13.5 Å². The molecule has 0 aliphatic carbocycles. The van der Waals surface area contributed by atoms with Crippen molar-refractivity contribution < 1.29 is 23.5 Å². The Bertz CT molecular complexity index is 786. The second-order valence-electron chi connectivity index (χ2n) is 5.34. The maximum absolute atomic E-state index is 11.9. The van der Waals surface area contributed by atoms with Gasteiger partial charge in [0.1, 0.15) is 11.5 Å². The van der Waals surface area contributed by atoms with Crippen molar-refractivity contribution in [3.05, 3.63) is 59.6 Å². The topological polar surface area (TPSA) is 85.6 Å². The summed E-state index contributed by atoms with van der Waals surface area (Å²) in [6.45, 7) is 1.49. The van der Waals surface area contributed by atoms with Crippen molar-refractivity contribution in [2.45, 2.75) is 19.8 Å². The van der Waals surface area contributed by atoms with Crippen molar-refractivity contribution in [2.75, 3.05) is 12.4 Å². The summed E-state index contributed by atoms with van der Waals surface area (Å²) in [7, 11) is 1.34. The first-order valence-electron chi connectivity index (χ1n) is 7.73. The van der Waals surface area contributed by atoms with Crippen molar-refractivity contribution >= 4 is 29.4 Å². The standard InChI is InChI=1S/C19H19NO5/c1-13(21)14-3-5-15(6-4-14)20-18(22)11-9-16-7-8-17(25-16)10-12-19(23)24-2/h3-9,11H,10,12H2,1-2H3,(H,20,22)/b11-9+. The van der Waals surface area contributed by atoms with E-state index in [1.165, 1.54) is 20.1 Å². The second kappa shape index (κ2) is 8.63. The summed E-state index contributed by atoms with van der Waals surface area (Å²) in [6.07, 6.45) is 3.57. The van der Waals surface area contributed by atoms with Crippen LogP contribution in [0.4, 0.5) is 5.69 Å². The molecule has 2 aromatic rings. The van der Waals surface area contributed by atoms with Gasteiger partial charge in [0.25, 0.3) is 0 Å². The number of benzene rings is 1. The number of esters is 1. The molecule has 2 rings (SSSR count). The minimum atomic E-state index is -0.317. The maximum atomic E-state index is 11.9. The molecule has 1 heterocycles. The van der Waals surface area contributed by atoms with E-state index in [0.29, 0.717) is 29.2 Å². The molecule has 0 aliphatic rings. The molecule has 0 atom stereocenters. The molecular formula is C19H19NO5. The number of Topliss-reactive ketones (excluding diaryl/α,β-unsaturated/α-hetero) is 1. The van der Waals surface area contributed by atoms with Gasteiger partial charge in [-0.15, -0.1) is 0 Å². The molecule has 0 aliphatic heterocycles. The monoisotopic (exact) mass is 341 g/mol. The third-order valence-electron chi connectivity index (χ3n) is 3.44. The fourth-order valence-corrected chi connectivity index (χ4v) is 2.08. The van der Waals surface area contributed by atoms with Gasteiger partial charge in [0.2, 0.25) is 5.91 Å². The highest BCUT2D eigenvalue weighted by atomic mass is 16.5. The number of ketones is 1. The number of hydrogen-bond acceptors (Lipinski definition) is 5. The lowest BCUT2D eigenvalue weighted by Crippen LogP contribution is -2.07. The van der Waals surface area contributed by atoms with Crippen molar-refractivity contribution in [2.24, 2.45) is 0 Å². The Hall–Kier alpha value is -3.15. The molecule has 0 saturated heterocycles. The van der Waals surface area contributed by atoms with Crippen LogP contribution in [0.5, 0.6) is 0 Å². The van der Waals surface area contributed by atoms with Crippen LogP contribution in [-0.2, 0) is 20.7 Å². The number of furan rings is 1. The smallest absolute Gasteiger partial charge is 0.305 e. The number of aryl methyl sites for hydroxylation is 1. The van der Waals surface area contributed by atoms with Crippen LogP contribution in [0.3, 0.4) is 0 Å². The van der Waals surface area contributed by atoms with Crippen molar-refractivity contribution in [3.63, 3.8) is 0 Å². The Balaban J connectivity index is 1.88. The van der Waals surface area contributed by atoms with Gasteiger partial charge in [-0.2, -0.15) is 0 Å². The van der Waals surface area contributed by atoms with Gasteiger partial charge in [0.15, 0.2) is 5.78 Å². The van der Waals surface area contributed by atoms with Crippen molar-refractivity contribution in [1.82, 2.24) is 0 Å². The van der Waals surface area contributed by atoms with Gasteiger partial charge in [-0.1, -0.05) is 0 Å². The van der Waals surface area contributed by atoms with Crippen LogP contribution < -0.4 is 5.32 Å². The normalized spacial score (nSPS) is 10.6. The maximum Gasteiger partial charge on any atom is 0.305 e. The number of rotatable bonds is 7. The SMILES string of the molecule is COC(=O)CCc1ccc(/C=C/C(=O)Nc2ccc(C(C)=O)cc2)o1. The summed E-state index contributed by atoms with van der Waals surface area (Å²) in [5.74, 6) is 0.512. The first-order chi connectivity index (χ1) is 12.0. The van der Waals surface area contributed by atoms with Crippen molar-refractivity contribution in [3.8, 4) is 0 Å². The highest BCUT2D eigenvalue weighted by Gasteiger charge is 2.05. The molecule has 6 heteroatoms. The molecule has 0 bridgehead atoms. The largest absolute Gasteiger partial charge is 0.469 e. The average Bonchev–Trinajstić information content (AvgIpc) is 3.06. The molecule has 0 spiro atoms. The summed E-state index contributed by atoms with van der Waals surface area (Å²) in [4.78, 5) is 34.2. The molecule has 0 saturated carbocycles. The molecule has 1 aromatic carbocycles. The van der Waals surface area contributed by atoms with Crippen LogP contribution in [0.25, 0.3) is 6.08 Å². The van der Waals surface area contributed by atoms with Crippen LogP contribution in [0, 0.1) is 0 Å². The van der Waals surface area contributed by atoms with E-state index in [2.05, 4.69) is 10.1 Å². The molecule has 130 valence electrons. The molecule has 6 nitrogen and oxygen atoms in total. The molecule has 0 radical (unpaired) electrons. The zero-order chi connectivity index (χ0) is 18.2. The van der Waals surface area contributed by atoms with E-state index in [9.17, 15) is 14.4 Å². The van der Waals surface area contributed by atoms with E-state index in [1.54, 1.807) is 42.5 Å². The molecule has 1 aromatic heterocycles. The summed E-state index contributed by atoms with van der Waals surface area (Å²) in [5, 5.41) is 2.69. The van der Waals surface area contributed by atoms with E-state index >= 15 is 0 Å². The van der Waals surface area contributed by atoms with Gasteiger partial charge < -0.3 is 14.5 Å². The second-order valence-corrected chi connectivity index (χ2v) is 5.34.